The van der Waals surface area contributed by atoms with E-state index in [1.54, 1.807) is 6.92 Å². The molecule has 0 aliphatic rings. The lowest BCUT2D eigenvalue weighted by molar-refractivity contribution is -0.121. The Morgan fingerprint density at radius 2 is 2.11 bits per heavy atom. The van der Waals surface area contributed by atoms with E-state index >= 15 is 0 Å². The Labute approximate surface area is 113 Å². The number of carbonyl (C=O) groups excluding carboxylic acids is 1. The minimum atomic E-state index is -0.443. The molecule has 0 saturated heterocycles. The first-order chi connectivity index (χ1) is 8.95. The number of nitrogens with one attached hydrogen (secondary N) is 2. The molecule has 106 valence electrons. The van der Waals surface area contributed by atoms with E-state index < -0.39 is 6.04 Å². The van der Waals surface area contributed by atoms with E-state index in [4.69, 9.17) is 10.5 Å². The van der Waals surface area contributed by atoms with Crippen molar-refractivity contribution < 1.29 is 9.53 Å². The molecule has 4 N–H and O–H groups in total. The van der Waals surface area contributed by atoms with Crippen molar-refractivity contribution in [3.63, 3.8) is 0 Å². The smallest absolute Gasteiger partial charge is 0.242 e. The van der Waals surface area contributed by atoms with Crippen LogP contribution >= 0.6 is 0 Å². The molecule has 0 radical (unpaired) electrons. The van der Waals surface area contributed by atoms with Gasteiger partial charge in [0.2, 0.25) is 11.7 Å². The van der Waals surface area contributed by atoms with Gasteiger partial charge in [-0.1, -0.05) is 13.8 Å². The summed E-state index contributed by atoms with van der Waals surface area (Å²) in [6, 6.07) is -0.443. The Morgan fingerprint density at radius 1 is 1.42 bits per heavy atom. The number of nitrogens with two attached hydrogens (primary N) is 1. The molecule has 7 nitrogen and oxygen atoms in total. The molecule has 0 spiro atoms. The van der Waals surface area contributed by atoms with E-state index in [0.717, 1.165) is 0 Å². The third kappa shape index (κ3) is 4.27. The minimum absolute atomic E-state index is 0.104. The number of rotatable bonds is 6. The quantitative estimate of drug-likeness (QED) is 0.699. The predicted octanol–water partition coefficient (Wildman–Crippen LogP) is 0.640. The molecule has 1 heterocycles. The summed E-state index contributed by atoms with van der Waals surface area (Å²) in [4.78, 5) is 19.7. The second-order valence-electron chi connectivity index (χ2n) is 4.65. The van der Waals surface area contributed by atoms with Gasteiger partial charge in [0, 0.05) is 6.54 Å². The molecule has 0 aliphatic carbocycles. The number of carbonyl (C=O) groups is 1. The highest BCUT2D eigenvalue weighted by Gasteiger charge is 2.17. The van der Waals surface area contributed by atoms with Crippen LogP contribution in [0.25, 0.3) is 0 Å². The third-order valence-electron chi connectivity index (χ3n) is 2.47. The Hall–Kier alpha value is -2.05. The molecule has 1 rings (SSSR count). The molecule has 1 aromatic heterocycles. The molecule has 0 saturated carbocycles. The van der Waals surface area contributed by atoms with Gasteiger partial charge in [0.05, 0.1) is 7.11 Å². The fraction of sp³-hybridized carbons (Fsp3) is 0.583. The number of hydrogen-bond acceptors (Lipinski definition) is 6. The van der Waals surface area contributed by atoms with Gasteiger partial charge in [-0.2, -0.15) is 0 Å². The first kappa shape index (κ1) is 15.0. The highest BCUT2D eigenvalue weighted by Crippen LogP contribution is 2.26. The predicted molar refractivity (Wildman–Crippen MR) is 73.9 cm³/mol. The van der Waals surface area contributed by atoms with E-state index in [1.165, 1.54) is 13.4 Å². The fourth-order valence-corrected chi connectivity index (χ4v) is 1.42. The highest BCUT2D eigenvalue weighted by atomic mass is 16.5. The molecule has 0 fully saturated rings. The molecule has 1 aromatic rings. The summed E-state index contributed by atoms with van der Waals surface area (Å²) in [5.74, 6) is 1.27. The zero-order valence-corrected chi connectivity index (χ0v) is 11.7. The van der Waals surface area contributed by atoms with E-state index in [0.29, 0.717) is 24.0 Å². The molecule has 1 atom stereocenters. The van der Waals surface area contributed by atoms with Crippen molar-refractivity contribution in [2.75, 3.05) is 24.7 Å². The lowest BCUT2D eigenvalue weighted by Gasteiger charge is -2.17. The number of hydrogen-bond donors (Lipinski definition) is 3. The van der Waals surface area contributed by atoms with Crippen LogP contribution in [0.2, 0.25) is 0 Å². The first-order valence-electron chi connectivity index (χ1n) is 6.14. The van der Waals surface area contributed by atoms with Gasteiger partial charge in [-0.15, -0.1) is 0 Å². The van der Waals surface area contributed by atoms with Gasteiger partial charge in [0.1, 0.15) is 12.4 Å². The van der Waals surface area contributed by atoms with Crippen molar-refractivity contribution in [1.29, 1.82) is 0 Å². The molecule has 0 bridgehead atoms. The van der Waals surface area contributed by atoms with E-state index in [1.807, 2.05) is 13.8 Å². The summed E-state index contributed by atoms with van der Waals surface area (Å²) in [6.45, 7) is 6.44. The standard InChI is InChI=1S/C12H21N5O2/c1-7(2)5-14-12(18)8(3)17-11-9(19-4)10(13)15-6-16-11/h6-8H,5H2,1-4H3,(H,14,18)(H3,13,15,16,17). The van der Waals surface area contributed by atoms with Gasteiger partial charge in [0.25, 0.3) is 0 Å². The average molecular weight is 267 g/mol. The van der Waals surface area contributed by atoms with Gasteiger partial charge < -0.3 is 21.1 Å². The van der Waals surface area contributed by atoms with Gasteiger partial charge in [-0.25, -0.2) is 9.97 Å². The van der Waals surface area contributed by atoms with Crippen LogP contribution in [0, 0.1) is 5.92 Å². The van der Waals surface area contributed by atoms with Gasteiger partial charge in [-0.05, 0) is 12.8 Å². The van der Waals surface area contributed by atoms with E-state index in [-0.39, 0.29) is 11.7 Å². The molecule has 1 amide bonds. The molecule has 7 heteroatoms. The number of anilines is 2. The summed E-state index contributed by atoms with van der Waals surface area (Å²) in [5, 5.41) is 5.79. The maximum Gasteiger partial charge on any atom is 0.242 e. The van der Waals surface area contributed by atoms with Crippen LogP contribution in [0.1, 0.15) is 20.8 Å². The average Bonchev–Trinajstić information content (AvgIpc) is 2.36. The topological polar surface area (TPSA) is 102 Å². The van der Waals surface area contributed by atoms with Crippen LogP contribution in [0.3, 0.4) is 0 Å². The Balaban J connectivity index is 2.69. The molecule has 0 aliphatic heterocycles. The van der Waals surface area contributed by atoms with Crippen molar-refractivity contribution >= 4 is 17.5 Å². The third-order valence-corrected chi connectivity index (χ3v) is 2.47. The number of amides is 1. The summed E-state index contributed by atoms with van der Waals surface area (Å²) in [5.41, 5.74) is 5.67. The zero-order chi connectivity index (χ0) is 14.4. The summed E-state index contributed by atoms with van der Waals surface area (Å²) in [7, 11) is 1.48. The monoisotopic (exact) mass is 267 g/mol. The maximum absolute atomic E-state index is 11.8. The van der Waals surface area contributed by atoms with Crippen LogP contribution in [0.5, 0.6) is 5.75 Å². The van der Waals surface area contributed by atoms with Crippen LogP contribution in [-0.4, -0.2) is 35.6 Å². The summed E-state index contributed by atoms with van der Waals surface area (Å²) in [6.07, 6.45) is 1.32. The SMILES string of the molecule is COc1c(N)ncnc1NC(C)C(=O)NCC(C)C. The number of methoxy groups -OCH3 is 1. The van der Waals surface area contributed by atoms with Gasteiger partial charge in [-0.3, -0.25) is 4.79 Å². The number of nitrogens with zero attached hydrogens (tertiary/aromatic N) is 2. The summed E-state index contributed by atoms with van der Waals surface area (Å²) >= 11 is 0. The lowest BCUT2D eigenvalue weighted by atomic mass is 10.2. The largest absolute Gasteiger partial charge is 0.490 e. The molecule has 0 aromatic carbocycles. The number of ether oxygens (including phenoxy) is 1. The number of aromatic nitrogens is 2. The highest BCUT2D eigenvalue weighted by molar-refractivity contribution is 5.84. The van der Waals surface area contributed by atoms with Crippen LogP contribution in [0.15, 0.2) is 6.33 Å². The molecular weight excluding hydrogens is 246 g/mol. The Kier molecular flexibility index (Phi) is 5.35. The second-order valence-corrected chi connectivity index (χ2v) is 4.65. The normalized spacial score (nSPS) is 12.1. The van der Waals surface area contributed by atoms with Crippen LogP contribution in [-0.2, 0) is 4.79 Å². The van der Waals surface area contributed by atoms with Crippen LogP contribution < -0.4 is 21.1 Å². The van der Waals surface area contributed by atoms with Crippen molar-refractivity contribution in [3.05, 3.63) is 6.33 Å². The number of nitrogen functional groups attached to an aromatic ring is 1. The fourth-order valence-electron chi connectivity index (χ4n) is 1.42. The molecular formula is C12H21N5O2. The van der Waals surface area contributed by atoms with E-state index in [9.17, 15) is 4.79 Å². The minimum Gasteiger partial charge on any atom is -0.490 e. The molecule has 19 heavy (non-hydrogen) atoms. The second kappa shape index (κ2) is 6.77. The van der Waals surface area contributed by atoms with Crippen molar-refractivity contribution in [2.45, 2.75) is 26.8 Å². The zero-order valence-electron chi connectivity index (χ0n) is 11.7. The summed E-state index contributed by atoms with van der Waals surface area (Å²) < 4.78 is 5.11. The van der Waals surface area contributed by atoms with Crippen LogP contribution in [0.4, 0.5) is 11.6 Å². The Bertz CT molecular complexity index is 436. The van der Waals surface area contributed by atoms with Crippen molar-refractivity contribution in [3.8, 4) is 5.75 Å². The molecule has 1 unspecified atom stereocenters. The Morgan fingerprint density at radius 3 is 2.68 bits per heavy atom. The van der Waals surface area contributed by atoms with E-state index in [2.05, 4.69) is 20.6 Å². The van der Waals surface area contributed by atoms with Gasteiger partial charge in [0.15, 0.2) is 11.6 Å². The maximum atomic E-state index is 11.8. The van der Waals surface area contributed by atoms with Crippen molar-refractivity contribution in [1.82, 2.24) is 15.3 Å². The van der Waals surface area contributed by atoms with Crippen molar-refractivity contribution in [2.24, 2.45) is 5.92 Å². The lowest BCUT2D eigenvalue weighted by Crippen LogP contribution is -2.39. The van der Waals surface area contributed by atoms with Gasteiger partial charge >= 0.3 is 0 Å². The first-order valence-corrected chi connectivity index (χ1v) is 6.14.